The first-order valence-electron chi connectivity index (χ1n) is 9.19. The van der Waals surface area contributed by atoms with Crippen LogP contribution in [0.3, 0.4) is 0 Å². The lowest BCUT2D eigenvalue weighted by Gasteiger charge is -2.13. The van der Waals surface area contributed by atoms with Crippen LogP contribution < -0.4 is 10.5 Å². The van der Waals surface area contributed by atoms with Crippen molar-refractivity contribution < 1.29 is 4.74 Å². The molecule has 0 bridgehead atoms. The number of fused-ring (bicyclic) bond motifs is 1. The lowest BCUT2D eigenvalue weighted by Crippen LogP contribution is -2.03. The van der Waals surface area contributed by atoms with Crippen LogP contribution in [0.15, 0.2) is 24.3 Å². The van der Waals surface area contributed by atoms with E-state index < -0.39 is 0 Å². The second-order valence-electron chi connectivity index (χ2n) is 6.57. The Labute approximate surface area is 149 Å². The Balaban J connectivity index is 1.80. The van der Waals surface area contributed by atoms with Gasteiger partial charge in [-0.1, -0.05) is 38.3 Å². The number of hydrogen-bond donors (Lipinski definition) is 1. The van der Waals surface area contributed by atoms with Gasteiger partial charge in [-0.25, -0.2) is 4.98 Å². The van der Waals surface area contributed by atoms with Crippen molar-refractivity contribution in [3.8, 4) is 22.9 Å². The summed E-state index contributed by atoms with van der Waals surface area (Å²) in [6, 6.07) is 10.2. The van der Waals surface area contributed by atoms with E-state index >= 15 is 0 Å². The molecule has 0 amide bonds. The van der Waals surface area contributed by atoms with E-state index in [-0.39, 0.29) is 0 Å². The lowest BCUT2D eigenvalue weighted by molar-refractivity contribution is 0.305. The van der Waals surface area contributed by atoms with E-state index in [1.54, 1.807) is 0 Å². The first-order chi connectivity index (χ1) is 12.2. The molecule has 0 fully saturated rings. The van der Waals surface area contributed by atoms with Gasteiger partial charge in [0.25, 0.3) is 0 Å². The van der Waals surface area contributed by atoms with Gasteiger partial charge in [0.15, 0.2) is 0 Å². The molecular weight excluding hydrogens is 310 g/mol. The molecule has 0 unspecified atom stereocenters. The van der Waals surface area contributed by atoms with Gasteiger partial charge in [-0.15, -0.1) is 0 Å². The highest BCUT2D eigenvalue weighted by Crippen LogP contribution is 2.37. The first-order valence-corrected chi connectivity index (χ1v) is 9.19. The van der Waals surface area contributed by atoms with Crippen molar-refractivity contribution in [2.45, 2.75) is 51.9 Å². The molecule has 4 heteroatoms. The zero-order chi connectivity index (χ0) is 17.6. The molecule has 3 rings (SSSR count). The predicted molar refractivity (Wildman–Crippen MR) is 100 cm³/mol. The molecule has 2 aromatic rings. The topological polar surface area (TPSA) is 71.9 Å². The van der Waals surface area contributed by atoms with Crippen LogP contribution in [0, 0.1) is 11.3 Å². The molecule has 0 aliphatic heterocycles. The molecule has 25 heavy (non-hydrogen) atoms. The number of ether oxygens (including phenoxy) is 1. The van der Waals surface area contributed by atoms with Crippen molar-refractivity contribution in [1.29, 1.82) is 5.26 Å². The van der Waals surface area contributed by atoms with Crippen LogP contribution in [0.1, 0.15) is 55.8 Å². The Hall–Kier alpha value is -2.54. The summed E-state index contributed by atoms with van der Waals surface area (Å²) in [5.74, 6) is 1.21. The minimum Gasteiger partial charge on any atom is -0.494 e. The van der Waals surface area contributed by atoms with Crippen LogP contribution in [-0.2, 0) is 12.8 Å². The van der Waals surface area contributed by atoms with Crippen molar-refractivity contribution in [1.82, 2.24) is 4.98 Å². The molecule has 0 atom stereocenters. The Morgan fingerprint density at radius 2 is 1.96 bits per heavy atom. The number of nitrogens with zero attached hydrogens (tertiary/aromatic N) is 2. The van der Waals surface area contributed by atoms with Crippen LogP contribution in [0.5, 0.6) is 5.75 Å². The minimum absolute atomic E-state index is 0.342. The van der Waals surface area contributed by atoms with Gasteiger partial charge in [0, 0.05) is 11.3 Å². The molecular formula is C21H25N3O. The summed E-state index contributed by atoms with van der Waals surface area (Å²) >= 11 is 0. The normalized spacial score (nSPS) is 12.6. The fraction of sp³-hybridized carbons (Fsp3) is 0.429. The second kappa shape index (κ2) is 8.02. The van der Waals surface area contributed by atoms with Gasteiger partial charge in [0.2, 0.25) is 0 Å². The maximum Gasteiger partial charge on any atom is 0.142 e. The van der Waals surface area contributed by atoms with E-state index in [1.165, 1.54) is 24.8 Å². The highest BCUT2D eigenvalue weighted by atomic mass is 16.5. The Kier molecular flexibility index (Phi) is 5.55. The van der Waals surface area contributed by atoms with Crippen molar-refractivity contribution >= 4 is 5.82 Å². The van der Waals surface area contributed by atoms with E-state index in [9.17, 15) is 5.26 Å². The molecule has 0 saturated carbocycles. The first kappa shape index (κ1) is 17.3. The van der Waals surface area contributed by atoms with Crippen LogP contribution in [0.2, 0.25) is 0 Å². The van der Waals surface area contributed by atoms with E-state index in [0.717, 1.165) is 54.9 Å². The quantitative estimate of drug-likeness (QED) is 0.748. The van der Waals surface area contributed by atoms with Crippen molar-refractivity contribution in [2.75, 3.05) is 12.3 Å². The zero-order valence-electron chi connectivity index (χ0n) is 14.8. The average Bonchev–Trinajstić information content (AvgIpc) is 3.09. The van der Waals surface area contributed by atoms with Gasteiger partial charge in [0.1, 0.15) is 23.2 Å². The summed E-state index contributed by atoms with van der Waals surface area (Å²) in [7, 11) is 0. The Morgan fingerprint density at radius 3 is 2.68 bits per heavy atom. The third-order valence-corrected chi connectivity index (χ3v) is 4.77. The summed E-state index contributed by atoms with van der Waals surface area (Å²) in [5, 5.41) is 9.54. The summed E-state index contributed by atoms with van der Waals surface area (Å²) < 4.78 is 5.81. The standard InChI is InChI=1S/C21H25N3O/c1-2-3-4-5-13-25-16-11-9-15(10-12-16)20-17-7-6-8-19(17)24-21(23)18(20)14-22/h9-12H,2-8,13H2,1H3,(H2,23,24). The molecule has 0 radical (unpaired) electrons. The molecule has 1 heterocycles. The maximum absolute atomic E-state index is 9.54. The molecule has 0 spiro atoms. The fourth-order valence-electron chi connectivity index (χ4n) is 3.47. The van der Waals surface area contributed by atoms with Gasteiger partial charge in [-0.05, 0) is 48.9 Å². The van der Waals surface area contributed by atoms with Crippen molar-refractivity contribution in [2.24, 2.45) is 0 Å². The van der Waals surface area contributed by atoms with Gasteiger partial charge >= 0.3 is 0 Å². The number of unbranched alkanes of at least 4 members (excludes halogenated alkanes) is 3. The molecule has 4 nitrogen and oxygen atoms in total. The fourth-order valence-corrected chi connectivity index (χ4v) is 3.47. The largest absolute Gasteiger partial charge is 0.494 e. The molecule has 1 aromatic heterocycles. The average molecular weight is 335 g/mol. The molecule has 1 aliphatic carbocycles. The minimum atomic E-state index is 0.342. The zero-order valence-corrected chi connectivity index (χ0v) is 14.8. The Bertz CT molecular complexity index is 774. The summed E-state index contributed by atoms with van der Waals surface area (Å²) in [4.78, 5) is 4.42. The number of pyridine rings is 1. The number of aryl methyl sites for hydroxylation is 1. The van der Waals surface area contributed by atoms with Crippen LogP contribution in [-0.4, -0.2) is 11.6 Å². The second-order valence-corrected chi connectivity index (χ2v) is 6.57. The molecule has 0 saturated heterocycles. The molecule has 1 aromatic carbocycles. The predicted octanol–water partition coefficient (Wildman–Crippen LogP) is 4.65. The Morgan fingerprint density at radius 1 is 1.16 bits per heavy atom. The van der Waals surface area contributed by atoms with Gasteiger partial charge in [-0.3, -0.25) is 0 Å². The smallest absolute Gasteiger partial charge is 0.142 e. The van der Waals surface area contributed by atoms with Crippen LogP contribution >= 0.6 is 0 Å². The SMILES string of the molecule is CCCCCCOc1ccc(-c2c(C#N)c(N)nc3c2CCC3)cc1. The highest BCUT2D eigenvalue weighted by Gasteiger charge is 2.23. The highest BCUT2D eigenvalue weighted by molar-refractivity contribution is 5.79. The number of anilines is 1. The summed E-state index contributed by atoms with van der Waals surface area (Å²) in [5.41, 5.74) is 10.7. The molecule has 2 N–H and O–H groups in total. The van der Waals surface area contributed by atoms with Crippen LogP contribution in [0.25, 0.3) is 11.1 Å². The number of benzene rings is 1. The van der Waals surface area contributed by atoms with E-state index in [1.807, 2.05) is 24.3 Å². The monoisotopic (exact) mass is 335 g/mol. The number of aromatic nitrogens is 1. The maximum atomic E-state index is 9.54. The van der Waals surface area contributed by atoms with Gasteiger partial charge < -0.3 is 10.5 Å². The van der Waals surface area contributed by atoms with E-state index in [2.05, 4.69) is 18.0 Å². The summed E-state index contributed by atoms with van der Waals surface area (Å²) in [6.45, 7) is 2.96. The van der Waals surface area contributed by atoms with Crippen LogP contribution in [0.4, 0.5) is 5.82 Å². The lowest BCUT2D eigenvalue weighted by atomic mass is 9.94. The van der Waals surface area contributed by atoms with Gasteiger partial charge in [-0.2, -0.15) is 5.26 Å². The number of nitrogens with two attached hydrogens (primary N) is 1. The number of hydrogen-bond acceptors (Lipinski definition) is 4. The number of nitrogen functional groups attached to an aromatic ring is 1. The number of rotatable bonds is 7. The third kappa shape index (κ3) is 3.76. The van der Waals surface area contributed by atoms with Gasteiger partial charge in [0.05, 0.1) is 6.61 Å². The summed E-state index contributed by atoms with van der Waals surface area (Å²) in [6.07, 6.45) is 7.76. The van der Waals surface area contributed by atoms with E-state index in [4.69, 9.17) is 10.5 Å². The number of nitriles is 1. The van der Waals surface area contributed by atoms with E-state index in [0.29, 0.717) is 11.4 Å². The van der Waals surface area contributed by atoms with Crippen molar-refractivity contribution in [3.63, 3.8) is 0 Å². The third-order valence-electron chi connectivity index (χ3n) is 4.77. The molecule has 1 aliphatic rings. The van der Waals surface area contributed by atoms with Crippen molar-refractivity contribution in [3.05, 3.63) is 41.1 Å². The molecule has 130 valence electrons.